The predicted molar refractivity (Wildman–Crippen MR) is 114 cm³/mol. The summed E-state index contributed by atoms with van der Waals surface area (Å²) in [4.78, 5) is 11.9. The molecule has 0 atom stereocenters. The Hall–Kier alpha value is -3.55. The summed E-state index contributed by atoms with van der Waals surface area (Å²) in [6.07, 6.45) is 1.65. The van der Waals surface area contributed by atoms with Crippen molar-refractivity contribution < 1.29 is 23.4 Å². The highest BCUT2D eigenvalue weighted by molar-refractivity contribution is 5.82. The number of hydrogen-bond donors (Lipinski definition) is 1. The summed E-state index contributed by atoms with van der Waals surface area (Å²) in [7, 11) is 3.18. The summed E-state index contributed by atoms with van der Waals surface area (Å²) >= 11 is 0. The molecule has 0 amide bonds. The first-order valence-electron chi connectivity index (χ1n) is 10.1. The first-order chi connectivity index (χ1) is 15.0. The Kier molecular flexibility index (Phi) is 5.79. The van der Waals surface area contributed by atoms with E-state index in [1.54, 1.807) is 31.0 Å². The number of esters is 1. The van der Waals surface area contributed by atoms with Crippen LogP contribution in [0.2, 0.25) is 0 Å². The van der Waals surface area contributed by atoms with E-state index in [-0.39, 0.29) is 18.5 Å². The quantitative estimate of drug-likeness (QED) is 0.414. The first kappa shape index (κ1) is 20.7. The number of nitrogens with zero attached hydrogens (tertiary/aromatic N) is 2. The van der Waals surface area contributed by atoms with Crippen LogP contribution in [0.3, 0.4) is 0 Å². The highest BCUT2D eigenvalue weighted by Crippen LogP contribution is 2.45. The average Bonchev–Trinajstić information content (AvgIpc) is 3.27. The van der Waals surface area contributed by atoms with Gasteiger partial charge < -0.3 is 19.5 Å². The van der Waals surface area contributed by atoms with Crippen molar-refractivity contribution in [2.75, 3.05) is 19.5 Å². The van der Waals surface area contributed by atoms with Crippen molar-refractivity contribution in [3.63, 3.8) is 0 Å². The molecule has 0 saturated carbocycles. The van der Waals surface area contributed by atoms with Crippen molar-refractivity contribution in [1.82, 2.24) is 9.78 Å². The van der Waals surface area contributed by atoms with E-state index in [2.05, 4.69) is 5.32 Å². The fourth-order valence-corrected chi connectivity index (χ4v) is 3.71. The smallest absolute Gasteiger partial charge is 0.307 e. The molecular weight excluding hydrogens is 401 g/mol. The van der Waals surface area contributed by atoms with Gasteiger partial charge in [-0.25, -0.2) is 9.07 Å². The molecule has 1 aliphatic carbocycles. The van der Waals surface area contributed by atoms with Crippen LogP contribution in [0.4, 0.5) is 15.9 Å². The van der Waals surface area contributed by atoms with Gasteiger partial charge in [0.15, 0.2) is 18.2 Å². The van der Waals surface area contributed by atoms with Crippen molar-refractivity contribution in [3.05, 3.63) is 53.3 Å². The monoisotopic (exact) mass is 425 g/mol. The molecule has 3 aromatic rings. The van der Waals surface area contributed by atoms with E-state index < -0.39 is 0 Å². The minimum absolute atomic E-state index is 0.0356. The third kappa shape index (κ3) is 4.05. The fraction of sp³-hybridized carbons (Fsp3) is 0.304. The molecule has 8 heteroatoms. The number of rotatable bonds is 8. The van der Waals surface area contributed by atoms with Gasteiger partial charge in [-0.05, 0) is 42.3 Å². The largest absolute Gasteiger partial charge is 0.493 e. The van der Waals surface area contributed by atoms with Crippen LogP contribution in [-0.4, -0.2) is 30.0 Å². The van der Waals surface area contributed by atoms with Gasteiger partial charge in [0.05, 0.1) is 19.9 Å². The fourth-order valence-electron chi connectivity index (χ4n) is 3.71. The maximum Gasteiger partial charge on any atom is 0.307 e. The molecule has 162 valence electrons. The van der Waals surface area contributed by atoms with Crippen LogP contribution in [0.5, 0.6) is 11.5 Å². The van der Waals surface area contributed by atoms with E-state index in [4.69, 9.17) is 19.3 Å². The molecule has 1 N–H and O–H groups in total. The van der Waals surface area contributed by atoms with Gasteiger partial charge in [-0.1, -0.05) is 13.0 Å². The number of benzene rings is 2. The molecule has 1 aliphatic rings. The summed E-state index contributed by atoms with van der Waals surface area (Å²) in [5.41, 5.74) is 4.25. The number of carbonyl (C=O) groups excluding carboxylic acids is 1. The van der Waals surface area contributed by atoms with Gasteiger partial charge in [0.2, 0.25) is 0 Å². The number of hydrogen-bond acceptors (Lipinski definition) is 6. The van der Waals surface area contributed by atoms with Gasteiger partial charge in [0, 0.05) is 29.7 Å². The second kappa shape index (κ2) is 8.67. The molecule has 2 aromatic carbocycles. The lowest BCUT2D eigenvalue weighted by molar-refractivity contribution is -0.147. The van der Waals surface area contributed by atoms with E-state index in [1.165, 1.54) is 12.1 Å². The highest BCUT2D eigenvalue weighted by Gasteiger charge is 2.29. The van der Waals surface area contributed by atoms with E-state index >= 15 is 0 Å². The lowest BCUT2D eigenvalue weighted by Gasteiger charge is -2.13. The van der Waals surface area contributed by atoms with Crippen LogP contribution in [0.1, 0.15) is 30.9 Å². The van der Waals surface area contributed by atoms with E-state index in [1.807, 2.05) is 19.1 Å². The Labute approximate surface area is 179 Å². The number of fused-ring (bicyclic) bond motifs is 3. The Bertz CT molecular complexity index is 1130. The van der Waals surface area contributed by atoms with Gasteiger partial charge >= 0.3 is 5.97 Å². The van der Waals surface area contributed by atoms with Gasteiger partial charge in [-0.2, -0.15) is 5.10 Å². The Morgan fingerprint density at radius 3 is 2.68 bits per heavy atom. The molecule has 1 aromatic heterocycles. The third-order valence-corrected chi connectivity index (χ3v) is 5.17. The number of nitrogens with one attached hydrogen (secondary N) is 1. The Balaban J connectivity index is 1.74. The zero-order valence-electron chi connectivity index (χ0n) is 17.7. The summed E-state index contributed by atoms with van der Waals surface area (Å²) in [6, 6.07) is 10.0. The minimum Gasteiger partial charge on any atom is -0.493 e. The molecule has 4 rings (SSSR count). The number of anilines is 2. The SMILES string of the molecule is CCCC(=O)OCn1nc2c(c1Nc1cccc(F)c1)Cc1cc(OC)c(OC)cc1-2. The van der Waals surface area contributed by atoms with Gasteiger partial charge in [0.25, 0.3) is 0 Å². The second-order valence-corrected chi connectivity index (χ2v) is 7.25. The molecule has 0 aliphatic heterocycles. The predicted octanol–water partition coefficient (Wildman–Crippen LogP) is 4.66. The van der Waals surface area contributed by atoms with Crippen molar-refractivity contribution in [2.24, 2.45) is 0 Å². The van der Waals surface area contributed by atoms with Crippen LogP contribution in [-0.2, 0) is 22.7 Å². The zero-order valence-corrected chi connectivity index (χ0v) is 17.7. The number of carbonyl (C=O) groups is 1. The molecule has 7 nitrogen and oxygen atoms in total. The molecule has 0 bridgehead atoms. The molecule has 0 spiro atoms. The van der Waals surface area contributed by atoms with Crippen molar-refractivity contribution in [2.45, 2.75) is 32.9 Å². The van der Waals surface area contributed by atoms with Crippen LogP contribution < -0.4 is 14.8 Å². The van der Waals surface area contributed by atoms with Gasteiger partial charge in [0.1, 0.15) is 11.6 Å². The summed E-state index contributed by atoms with van der Waals surface area (Å²) < 4.78 is 31.6. The number of aromatic nitrogens is 2. The van der Waals surface area contributed by atoms with Crippen molar-refractivity contribution in [1.29, 1.82) is 0 Å². The highest BCUT2D eigenvalue weighted by atomic mass is 19.1. The lowest BCUT2D eigenvalue weighted by atomic mass is 10.1. The summed E-state index contributed by atoms with van der Waals surface area (Å²) in [6.45, 7) is 1.88. The van der Waals surface area contributed by atoms with E-state index in [9.17, 15) is 9.18 Å². The van der Waals surface area contributed by atoms with Crippen LogP contribution >= 0.6 is 0 Å². The Morgan fingerprint density at radius 2 is 1.97 bits per heavy atom. The topological polar surface area (TPSA) is 74.6 Å². The molecular formula is C23H24FN3O4. The normalized spacial score (nSPS) is 11.6. The van der Waals surface area contributed by atoms with Crippen molar-refractivity contribution in [3.8, 4) is 22.8 Å². The summed E-state index contributed by atoms with van der Waals surface area (Å²) in [5, 5.41) is 7.95. The Morgan fingerprint density at radius 1 is 1.19 bits per heavy atom. The maximum absolute atomic E-state index is 13.7. The number of halogens is 1. The first-order valence-corrected chi connectivity index (χ1v) is 10.1. The van der Waals surface area contributed by atoms with Crippen LogP contribution in [0.15, 0.2) is 36.4 Å². The standard InChI is InChI=1S/C23H24FN3O4/c1-4-6-21(28)31-13-27-23(25-16-8-5-7-15(24)11-16)18-9-14-10-19(29-2)20(30-3)12-17(14)22(18)26-27/h5,7-8,10-12,25H,4,6,9,13H2,1-3H3. The van der Waals surface area contributed by atoms with Crippen LogP contribution in [0, 0.1) is 5.82 Å². The zero-order chi connectivity index (χ0) is 22.0. The summed E-state index contributed by atoms with van der Waals surface area (Å²) in [5.74, 6) is 1.27. The van der Waals surface area contributed by atoms with E-state index in [0.717, 1.165) is 22.4 Å². The van der Waals surface area contributed by atoms with Crippen LogP contribution in [0.25, 0.3) is 11.3 Å². The lowest BCUT2D eigenvalue weighted by Crippen LogP contribution is -2.13. The number of ether oxygens (including phenoxy) is 3. The third-order valence-electron chi connectivity index (χ3n) is 5.17. The second-order valence-electron chi connectivity index (χ2n) is 7.25. The molecule has 0 unspecified atom stereocenters. The number of methoxy groups -OCH3 is 2. The molecule has 1 heterocycles. The molecule has 0 radical (unpaired) electrons. The maximum atomic E-state index is 13.7. The molecule has 31 heavy (non-hydrogen) atoms. The average molecular weight is 425 g/mol. The molecule has 0 saturated heterocycles. The van der Waals surface area contributed by atoms with Gasteiger partial charge in [-0.15, -0.1) is 0 Å². The van der Waals surface area contributed by atoms with Crippen molar-refractivity contribution >= 4 is 17.5 Å². The van der Waals surface area contributed by atoms with E-state index in [0.29, 0.717) is 42.3 Å². The molecule has 0 fully saturated rings. The van der Waals surface area contributed by atoms with Gasteiger partial charge in [-0.3, -0.25) is 4.79 Å². The minimum atomic E-state index is -0.347.